The van der Waals surface area contributed by atoms with Gasteiger partial charge in [-0.1, -0.05) is 17.7 Å². The normalized spacial score (nSPS) is 10.8. The molecule has 162 valence electrons. The first kappa shape index (κ1) is 21.0. The maximum Gasteiger partial charge on any atom is 0.337 e. The van der Waals surface area contributed by atoms with Crippen LogP contribution in [0.25, 0.3) is 16.7 Å². The number of fused-ring (bicyclic) bond motifs is 1. The van der Waals surface area contributed by atoms with E-state index in [1.807, 2.05) is 26.0 Å². The van der Waals surface area contributed by atoms with Crippen molar-refractivity contribution in [3.8, 4) is 5.69 Å². The summed E-state index contributed by atoms with van der Waals surface area (Å²) in [6.07, 6.45) is 3.10. The SMILES string of the molecule is COC(=O)c1cc(Nc2ncnc3c2cnn3-c2ccc(C)cc2C)cc(C(=O)OC)c1. The zero-order valence-electron chi connectivity index (χ0n) is 18.0. The fraction of sp³-hybridized carbons (Fsp3) is 0.174. The van der Waals surface area contributed by atoms with Gasteiger partial charge in [-0.25, -0.2) is 24.2 Å². The molecule has 0 spiro atoms. The van der Waals surface area contributed by atoms with E-state index in [0.29, 0.717) is 22.5 Å². The van der Waals surface area contributed by atoms with Crippen LogP contribution < -0.4 is 5.32 Å². The lowest BCUT2D eigenvalue weighted by atomic mass is 10.1. The summed E-state index contributed by atoms with van der Waals surface area (Å²) < 4.78 is 11.3. The molecule has 9 heteroatoms. The molecule has 0 saturated heterocycles. The number of nitrogens with zero attached hydrogens (tertiary/aromatic N) is 4. The van der Waals surface area contributed by atoms with Gasteiger partial charge in [-0.15, -0.1) is 0 Å². The summed E-state index contributed by atoms with van der Waals surface area (Å²) in [4.78, 5) is 32.9. The molecule has 0 fully saturated rings. The number of ether oxygens (including phenoxy) is 2. The van der Waals surface area contributed by atoms with Crippen LogP contribution in [0.1, 0.15) is 31.8 Å². The van der Waals surface area contributed by atoms with Crippen LogP contribution in [0.4, 0.5) is 11.5 Å². The van der Waals surface area contributed by atoms with Gasteiger partial charge in [-0.2, -0.15) is 5.10 Å². The van der Waals surface area contributed by atoms with Gasteiger partial charge in [0.25, 0.3) is 0 Å². The van der Waals surface area contributed by atoms with E-state index < -0.39 is 11.9 Å². The number of aromatic nitrogens is 4. The van der Waals surface area contributed by atoms with Crippen LogP contribution in [0.3, 0.4) is 0 Å². The Labute approximate surface area is 184 Å². The smallest absolute Gasteiger partial charge is 0.337 e. The zero-order valence-corrected chi connectivity index (χ0v) is 18.0. The molecule has 2 heterocycles. The topological polar surface area (TPSA) is 108 Å². The van der Waals surface area contributed by atoms with E-state index in [0.717, 1.165) is 16.8 Å². The number of anilines is 2. The Bertz CT molecular complexity index is 1310. The highest BCUT2D eigenvalue weighted by molar-refractivity contribution is 5.98. The molecule has 0 atom stereocenters. The molecule has 0 saturated carbocycles. The molecule has 4 aromatic rings. The zero-order chi connectivity index (χ0) is 22.8. The van der Waals surface area contributed by atoms with Crippen molar-refractivity contribution in [2.45, 2.75) is 13.8 Å². The Balaban J connectivity index is 1.78. The van der Waals surface area contributed by atoms with Crippen molar-refractivity contribution in [1.82, 2.24) is 19.7 Å². The quantitative estimate of drug-likeness (QED) is 0.476. The molecule has 0 radical (unpaired) electrons. The number of carbonyl (C=O) groups excluding carboxylic acids is 2. The second kappa shape index (κ2) is 8.46. The maximum atomic E-state index is 12.1. The first-order valence-electron chi connectivity index (χ1n) is 9.76. The van der Waals surface area contributed by atoms with E-state index >= 15 is 0 Å². The highest BCUT2D eigenvalue weighted by atomic mass is 16.5. The Kier molecular flexibility index (Phi) is 5.55. The van der Waals surface area contributed by atoms with Crippen LogP contribution in [-0.4, -0.2) is 45.9 Å². The van der Waals surface area contributed by atoms with Crippen molar-refractivity contribution in [1.29, 1.82) is 0 Å². The molecule has 0 unspecified atom stereocenters. The summed E-state index contributed by atoms with van der Waals surface area (Å²) in [6.45, 7) is 4.05. The molecule has 0 bridgehead atoms. The highest BCUT2D eigenvalue weighted by Gasteiger charge is 2.16. The van der Waals surface area contributed by atoms with E-state index in [1.165, 1.54) is 26.6 Å². The van der Waals surface area contributed by atoms with Crippen molar-refractivity contribution in [3.63, 3.8) is 0 Å². The summed E-state index contributed by atoms with van der Waals surface area (Å²) in [5, 5.41) is 8.33. The average molecular weight is 431 g/mol. The van der Waals surface area contributed by atoms with Gasteiger partial charge in [0.1, 0.15) is 12.1 Å². The average Bonchev–Trinajstić information content (AvgIpc) is 3.22. The Morgan fingerprint density at radius 3 is 2.25 bits per heavy atom. The number of rotatable bonds is 5. The van der Waals surface area contributed by atoms with Gasteiger partial charge in [-0.05, 0) is 43.7 Å². The highest BCUT2D eigenvalue weighted by Crippen LogP contribution is 2.27. The third kappa shape index (κ3) is 3.87. The summed E-state index contributed by atoms with van der Waals surface area (Å²) >= 11 is 0. The molecule has 0 aliphatic carbocycles. The van der Waals surface area contributed by atoms with Crippen molar-refractivity contribution >= 4 is 34.5 Å². The minimum Gasteiger partial charge on any atom is -0.465 e. The first-order chi connectivity index (χ1) is 15.4. The number of methoxy groups -OCH3 is 2. The minimum absolute atomic E-state index is 0.203. The third-order valence-corrected chi connectivity index (χ3v) is 4.98. The number of hydrogen-bond acceptors (Lipinski definition) is 8. The predicted octanol–water partition coefficient (Wildman–Crippen LogP) is 3.75. The summed E-state index contributed by atoms with van der Waals surface area (Å²) in [5.74, 6) is -0.674. The first-order valence-corrected chi connectivity index (χ1v) is 9.76. The number of carbonyl (C=O) groups is 2. The molecule has 0 aliphatic rings. The van der Waals surface area contributed by atoms with E-state index in [1.54, 1.807) is 23.0 Å². The second-order valence-electron chi connectivity index (χ2n) is 7.21. The predicted molar refractivity (Wildman–Crippen MR) is 119 cm³/mol. The minimum atomic E-state index is -0.575. The molecule has 1 N–H and O–H groups in total. The number of nitrogens with one attached hydrogen (secondary N) is 1. The van der Waals surface area contributed by atoms with Crippen molar-refractivity contribution in [3.05, 3.63) is 71.2 Å². The summed E-state index contributed by atoms with van der Waals surface area (Å²) in [6, 6.07) is 10.6. The van der Waals surface area contributed by atoms with Gasteiger partial charge in [0, 0.05) is 5.69 Å². The van der Waals surface area contributed by atoms with Gasteiger partial charge < -0.3 is 14.8 Å². The Morgan fingerprint density at radius 1 is 0.938 bits per heavy atom. The molecule has 0 amide bonds. The molecule has 9 nitrogen and oxygen atoms in total. The van der Waals surface area contributed by atoms with Crippen LogP contribution in [0, 0.1) is 13.8 Å². The number of esters is 2. The Hall–Kier alpha value is -4.27. The Morgan fingerprint density at radius 2 is 1.62 bits per heavy atom. The van der Waals surface area contributed by atoms with Crippen molar-refractivity contribution < 1.29 is 19.1 Å². The molecular weight excluding hydrogens is 410 g/mol. The lowest BCUT2D eigenvalue weighted by Crippen LogP contribution is -2.08. The van der Waals surface area contributed by atoms with E-state index in [9.17, 15) is 9.59 Å². The van der Waals surface area contributed by atoms with Crippen molar-refractivity contribution in [2.75, 3.05) is 19.5 Å². The van der Waals surface area contributed by atoms with E-state index in [-0.39, 0.29) is 11.1 Å². The lowest BCUT2D eigenvalue weighted by Gasteiger charge is -2.11. The van der Waals surface area contributed by atoms with Crippen LogP contribution >= 0.6 is 0 Å². The van der Waals surface area contributed by atoms with E-state index in [4.69, 9.17) is 9.47 Å². The van der Waals surface area contributed by atoms with Crippen molar-refractivity contribution in [2.24, 2.45) is 0 Å². The van der Waals surface area contributed by atoms with Crippen LogP contribution in [0.15, 0.2) is 48.9 Å². The molecule has 2 aromatic carbocycles. The van der Waals surface area contributed by atoms with Gasteiger partial charge in [-0.3, -0.25) is 0 Å². The molecule has 0 aliphatic heterocycles. The molecule has 4 rings (SSSR count). The number of aryl methyl sites for hydroxylation is 2. The van der Waals surface area contributed by atoms with Gasteiger partial charge in [0.05, 0.1) is 42.6 Å². The molecular formula is C23H21N5O4. The van der Waals surface area contributed by atoms with Crippen LogP contribution in [0.2, 0.25) is 0 Å². The largest absolute Gasteiger partial charge is 0.465 e. The molecule has 2 aromatic heterocycles. The van der Waals surface area contributed by atoms with Gasteiger partial charge >= 0.3 is 11.9 Å². The summed E-state index contributed by atoms with van der Waals surface area (Å²) in [5.41, 5.74) is 4.63. The number of hydrogen-bond donors (Lipinski definition) is 1. The van der Waals surface area contributed by atoms with Gasteiger partial charge in [0.2, 0.25) is 0 Å². The lowest BCUT2D eigenvalue weighted by molar-refractivity contribution is 0.0599. The second-order valence-corrected chi connectivity index (χ2v) is 7.21. The van der Waals surface area contributed by atoms with E-state index in [2.05, 4.69) is 26.4 Å². The third-order valence-electron chi connectivity index (χ3n) is 4.98. The fourth-order valence-electron chi connectivity index (χ4n) is 3.47. The standard InChI is InChI=1S/C23H21N5O4/c1-13-5-6-19(14(2)7-13)28-21-18(11-26-28)20(24-12-25-21)27-17-9-15(22(29)31-3)8-16(10-17)23(30)32-4/h5-12H,1-4H3,(H,24,25,27). The molecule has 32 heavy (non-hydrogen) atoms. The van der Waals surface area contributed by atoms with Crippen LogP contribution in [0.5, 0.6) is 0 Å². The summed E-state index contributed by atoms with van der Waals surface area (Å²) in [7, 11) is 2.55. The van der Waals surface area contributed by atoms with Crippen LogP contribution in [-0.2, 0) is 9.47 Å². The maximum absolute atomic E-state index is 12.1. The number of benzene rings is 2. The van der Waals surface area contributed by atoms with Gasteiger partial charge in [0.15, 0.2) is 5.65 Å². The fourth-order valence-corrected chi connectivity index (χ4v) is 3.47. The monoisotopic (exact) mass is 431 g/mol.